The van der Waals surface area contributed by atoms with E-state index >= 15 is 0 Å². The fourth-order valence-electron chi connectivity index (χ4n) is 1.92. The zero-order valence-electron chi connectivity index (χ0n) is 10.6. The molecule has 4 heteroatoms. The summed E-state index contributed by atoms with van der Waals surface area (Å²) in [4.78, 5) is 19.2. The number of carboxylic acid groups (broad SMARTS) is 1. The van der Waals surface area contributed by atoms with Gasteiger partial charge in [-0.15, -0.1) is 0 Å². The first-order chi connectivity index (χ1) is 8.47. The third-order valence-corrected chi connectivity index (χ3v) is 2.71. The molecule has 0 fully saturated rings. The van der Waals surface area contributed by atoms with E-state index in [0.717, 1.165) is 11.1 Å². The van der Waals surface area contributed by atoms with Crippen LogP contribution in [0.25, 0.3) is 11.3 Å². The molecule has 92 valence electrons. The van der Waals surface area contributed by atoms with E-state index < -0.39 is 5.97 Å². The molecule has 1 heterocycles. The molecule has 0 saturated carbocycles. The van der Waals surface area contributed by atoms with Crippen molar-refractivity contribution in [3.63, 3.8) is 0 Å². The molecule has 2 rings (SSSR count). The van der Waals surface area contributed by atoms with Gasteiger partial charge in [-0.25, -0.2) is 14.8 Å². The summed E-state index contributed by atoms with van der Waals surface area (Å²) in [6, 6.07) is 7.50. The number of hydrogen-bond acceptors (Lipinski definition) is 3. The van der Waals surface area contributed by atoms with E-state index in [4.69, 9.17) is 5.11 Å². The Kier molecular flexibility index (Phi) is 3.10. The fourth-order valence-corrected chi connectivity index (χ4v) is 1.92. The zero-order valence-corrected chi connectivity index (χ0v) is 10.6. The van der Waals surface area contributed by atoms with Gasteiger partial charge in [-0.05, 0) is 32.4 Å². The SMILES string of the molecule is Cc1ccc(-c2cc(C(=O)O)nc(C)n2)c(C)c1. The van der Waals surface area contributed by atoms with E-state index in [2.05, 4.69) is 9.97 Å². The molecule has 2 aromatic rings. The maximum Gasteiger partial charge on any atom is 0.354 e. The molecule has 0 bridgehead atoms. The summed E-state index contributed by atoms with van der Waals surface area (Å²) in [5, 5.41) is 9.00. The monoisotopic (exact) mass is 242 g/mol. The van der Waals surface area contributed by atoms with Gasteiger partial charge in [0.15, 0.2) is 5.69 Å². The average molecular weight is 242 g/mol. The lowest BCUT2D eigenvalue weighted by Gasteiger charge is -2.07. The van der Waals surface area contributed by atoms with Crippen molar-refractivity contribution in [1.82, 2.24) is 9.97 Å². The van der Waals surface area contributed by atoms with E-state index in [0.29, 0.717) is 11.5 Å². The van der Waals surface area contributed by atoms with Gasteiger partial charge in [0.1, 0.15) is 5.82 Å². The normalized spacial score (nSPS) is 10.4. The maximum atomic E-state index is 11.0. The third kappa shape index (κ3) is 2.37. The van der Waals surface area contributed by atoms with E-state index in [1.165, 1.54) is 11.6 Å². The molecule has 0 saturated heterocycles. The maximum absolute atomic E-state index is 11.0. The molecule has 0 unspecified atom stereocenters. The molecule has 0 amide bonds. The number of nitrogens with zero attached hydrogens (tertiary/aromatic N) is 2. The third-order valence-electron chi connectivity index (χ3n) is 2.71. The van der Waals surface area contributed by atoms with Crippen LogP contribution in [0.4, 0.5) is 0 Å². The van der Waals surface area contributed by atoms with E-state index in [9.17, 15) is 4.79 Å². The van der Waals surface area contributed by atoms with Crippen LogP contribution in [0, 0.1) is 20.8 Å². The number of rotatable bonds is 2. The van der Waals surface area contributed by atoms with Crippen LogP contribution in [0.3, 0.4) is 0 Å². The molecule has 0 aliphatic rings. The Labute approximate surface area is 105 Å². The van der Waals surface area contributed by atoms with Gasteiger partial charge in [-0.3, -0.25) is 0 Å². The van der Waals surface area contributed by atoms with E-state index in [1.807, 2.05) is 32.0 Å². The second kappa shape index (κ2) is 4.56. The van der Waals surface area contributed by atoms with Crippen LogP contribution in [-0.2, 0) is 0 Å². The fraction of sp³-hybridized carbons (Fsp3) is 0.214. The van der Waals surface area contributed by atoms with E-state index in [-0.39, 0.29) is 5.69 Å². The van der Waals surface area contributed by atoms with Crippen molar-refractivity contribution >= 4 is 5.97 Å². The van der Waals surface area contributed by atoms with Gasteiger partial charge >= 0.3 is 5.97 Å². The van der Waals surface area contributed by atoms with Gasteiger partial charge < -0.3 is 5.11 Å². The Bertz CT molecular complexity index is 621. The Morgan fingerprint density at radius 3 is 2.44 bits per heavy atom. The minimum Gasteiger partial charge on any atom is -0.477 e. The first kappa shape index (κ1) is 12.2. The second-order valence-electron chi connectivity index (χ2n) is 4.31. The molecule has 1 aromatic carbocycles. The molecule has 18 heavy (non-hydrogen) atoms. The topological polar surface area (TPSA) is 63.1 Å². The number of carbonyl (C=O) groups is 1. The van der Waals surface area contributed by atoms with Crippen LogP contribution in [0.1, 0.15) is 27.4 Å². The summed E-state index contributed by atoms with van der Waals surface area (Å²) < 4.78 is 0. The van der Waals surface area contributed by atoms with Crippen molar-refractivity contribution in [1.29, 1.82) is 0 Å². The molecule has 0 aliphatic carbocycles. The summed E-state index contributed by atoms with van der Waals surface area (Å²) in [6.07, 6.45) is 0. The van der Waals surface area contributed by atoms with Gasteiger partial charge in [0.25, 0.3) is 0 Å². The smallest absolute Gasteiger partial charge is 0.354 e. The molecule has 1 N–H and O–H groups in total. The summed E-state index contributed by atoms with van der Waals surface area (Å²) >= 11 is 0. The Balaban J connectivity index is 2.60. The van der Waals surface area contributed by atoms with Gasteiger partial charge in [0.05, 0.1) is 5.69 Å². The summed E-state index contributed by atoms with van der Waals surface area (Å²) in [6.45, 7) is 5.70. The number of aryl methyl sites for hydroxylation is 3. The molecule has 1 aromatic heterocycles. The minimum atomic E-state index is -1.04. The standard InChI is InChI=1S/C14H14N2O2/c1-8-4-5-11(9(2)6-8)12-7-13(14(17)18)16-10(3)15-12/h4-7H,1-3H3,(H,17,18). The van der Waals surface area contributed by atoms with Crippen molar-refractivity contribution in [2.75, 3.05) is 0 Å². The van der Waals surface area contributed by atoms with Gasteiger partial charge in [0, 0.05) is 5.56 Å². The number of carboxylic acids is 1. The second-order valence-corrected chi connectivity index (χ2v) is 4.31. The van der Waals surface area contributed by atoms with Crippen LogP contribution in [0.15, 0.2) is 24.3 Å². The van der Waals surface area contributed by atoms with Crippen LogP contribution < -0.4 is 0 Å². The molecule has 0 spiro atoms. The van der Waals surface area contributed by atoms with Crippen molar-refractivity contribution in [3.05, 3.63) is 46.9 Å². The van der Waals surface area contributed by atoms with Crippen LogP contribution in [-0.4, -0.2) is 21.0 Å². The lowest BCUT2D eigenvalue weighted by molar-refractivity contribution is 0.0690. The first-order valence-corrected chi connectivity index (χ1v) is 5.64. The lowest BCUT2D eigenvalue weighted by Crippen LogP contribution is -2.04. The summed E-state index contributed by atoms with van der Waals surface area (Å²) in [7, 11) is 0. The highest BCUT2D eigenvalue weighted by molar-refractivity contribution is 5.86. The number of benzene rings is 1. The highest BCUT2D eigenvalue weighted by atomic mass is 16.4. The molecule has 0 radical (unpaired) electrons. The quantitative estimate of drug-likeness (QED) is 0.879. The van der Waals surface area contributed by atoms with Gasteiger partial charge in [-0.1, -0.05) is 23.8 Å². The minimum absolute atomic E-state index is 0.0254. The Hall–Kier alpha value is -2.23. The summed E-state index contributed by atoms with van der Waals surface area (Å²) in [5.41, 5.74) is 3.85. The lowest BCUT2D eigenvalue weighted by atomic mass is 10.0. The number of hydrogen-bond donors (Lipinski definition) is 1. The Morgan fingerprint density at radius 1 is 1.11 bits per heavy atom. The van der Waals surface area contributed by atoms with Crippen molar-refractivity contribution in [2.24, 2.45) is 0 Å². The molecule has 0 aliphatic heterocycles. The van der Waals surface area contributed by atoms with Crippen molar-refractivity contribution in [2.45, 2.75) is 20.8 Å². The number of aromatic nitrogens is 2. The van der Waals surface area contributed by atoms with Crippen LogP contribution >= 0.6 is 0 Å². The van der Waals surface area contributed by atoms with Gasteiger partial charge in [0.2, 0.25) is 0 Å². The van der Waals surface area contributed by atoms with Crippen LogP contribution in [0.2, 0.25) is 0 Å². The molecular formula is C14H14N2O2. The Morgan fingerprint density at radius 2 is 1.83 bits per heavy atom. The average Bonchev–Trinajstić information content (AvgIpc) is 2.27. The number of aromatic carboxylic acids is 1. The van der Waals surface area contributed by atoms with Crippen LogP contribution in [0.5, 0.6) is 0 Å². The van der Waals surface area contributed by atoms with Crippen molar-refractivity contribution < 1.29 is 9.90 Å². The molecule has 0 atom stereocenters. The predicted octanol–water partition coefficient (Wildman–Crippen LogP) is 2.77. The predicted molar refractivity (Wildman–Crippen MR) is 68.6 cm³/mol. The van der Waals surface area contributed by atoms with E-state index in [1.54, 1.807) is 6.92 Å². The highest BCUT2D eigenvalue weighted by Gasteiger charge is 2.11. The first-order valence-electron chi connectivity index (χ1n) is 5.64. The summed E-state index contributed by atoms with van der Waals surface area (Å²) in [5.74, 6) is -0.573. The van der Waals surface area contributed by atoms with Gasteiger partial charge in [-0.2, -0.15) is 0 Å². The largest absolute Gasteiger partial charge is 0.477 e. The molecule has 4 nitrogen and oxygen atoms in total. The highest BCUT2D eigenvalue weighted by Crippen LogP contribution is 2.23. The molecular weight excluding hydrogens is 228 g/mol. The van der Waals surface area contributed by atoms with Crippen molar-refractivity contribution in [3.8, 4) is 11.3 Å². The zero-order chi connectivity index (χ0) is 13.3.